The van der Waals surface area contributed by atoms with Crippen LogP contribution in [0.15, 0.2) is 24.3 Å². The van der Waals surface area contributed by atoms with Crippen molar-refractivity contribution in [3.05, 3.63) is 29.8 Å². The lowest BCUT2D eigenvalue weighted by molar-refractivity contribution is -0.142. The van der Waals surface area contributed by atoms with Crippen LogP contribution in [0.5, 0.6) is 0 Å². The molecule has 2 amide bonds. The Morgan fingerprint density at radius 2 is 1.68 bits per heavy atom. The molecule has 0 aromatic heterocycles. The average Bonchev–Trinajstić information content (AvgIpc) is 3.15. The number of para-hydroxylation sites is 1. The third kappa shape index (κ3) is 3.30. The normalized spacial score (nSPS) is 30.5. The van der Waals surface area contributed by atoms with Crippen molar-refractivity contribution in [1.82, 2.24) is 9.80 Å². The number of carbonyl (C=O) groups is 2. The molecule has 2 bridgehead atoms. The van der Waals surface area contributed by atoms with Crippen LogP contribution in [0.2, 0.25) is 0 Å². The molecule has 0 N–H and O–H groups in total. The summed E-state index contributed by atoms with van der Waals surface area (Å²) >= 11 is 0. The topological polar surface area (TPSA) is 53.1 Å². The van der Waals surface area contributed by atoms with Crippen LogP contribution < -0.4 is 4.90 Å². The van der Waals surface area contributed by atoms with Crippen LogP contribution in [0.25, 0.3) is 0 Å². The molecule has 8 heteroatoms. The predicted molar refractivity (Wildman–Crippen MR) is 111 cm³/mol. The van der Waals surface area contributed by atoms with E-state index in [4.69, 9.17) is 4.74 Å². The molecule has 3 fully saturated rings. The van der Waals surface area contributed by atoms with E-state index in [1.54, 1.807) is 18.2 Å². The monoisotopic (exact) mass is 433 g/mol. The number of hydrogen-bond acceptors (Lipinski definition) is 4. The fourth-order valence-electron chi connectivity index (χ4n) is 6.14. The quantitative estimate of drug-likeness (QED) is 0.729. The van der Waals surface area contributed by atoms with Gasteiger partial charge < -0.3 is 19.4 Å². The second kappa shape index (κ2) is 7.73. The molecular weight excluding hydrogens is 404 g/mol. The lowest BCUT2D eigenvalue weighted by Gasteiger charge is -2.45. The van der Waals surface area contributed by atoms with Crippen LogP contribution >= 0.6 is 0 Å². The minimum Gasteiger partial charge on any atom is -0.450 e. The Hall–Kier alpha value is -2.22. The second-order valence-electron chi connectivity index (χ2n) is 9.15. The minimum absolute atomic E-state index is 0.176. The first-order valence-electron chi connectivity index (χ1n) is 11.4. The number of amides is 2. The van der Waals surface area contributed by atoms with Gasteiger partial charge in [-0.1, -0.05) is 18.2 Å². The Morgan fingerprint density at radius 1 is 1.03 bits per heavy atom. The summed E-state index contributed by atoms with van der Waals surface area (Å²) in [6, 6.07) is 6.91. The van der Waals surface area contributed by atoms with Gasteiger partial charge in [-0.05, 0) is 51.5 Å². The first kappa shape index (κ1) is 20.7. The number of nitrogens with zero attached hydrogens (tertiary/aromatic N) is 3. The Bertz CT molecular complexity index is 857. The van der Waals surface area contributed by atoms with Gasteiger partial charge in [0.1, 0.15) is 0 Å². The lowest BCUT2D eigenvalue weighted by atomic mass is 9.93. The number of ether oxygens (including phenoxy) is 1. The number of halogens is 2. The average molecular weight is 433 g/mol. The van der Waals surface area contributed by atoms with Crippen molar-refractivity contribution in [3.63, 3.8) is 0 Å². The SMILES string of the molecule is CCOC(=O)N1[C@@H]2CC[C@@H]1CC(N1CCC(N3C(=O)C(F)(F)c4ccccc43)CC1)C2. The third-order valence-corrected chi connectivity index (χ3v) is 7.56. The number of anilines is 1. The van der Waals surface area contributed by atoms with E-state index in [0.717, 1.165) is 38.8 Å². The van der Waals surface area contributed by atoms with Crippen LogP contribution in [0.3, 0.4) is 0 Å². The van der Waals surface area contributed by atoms with E-state index < -0.39 is 11.8 Å². The molecule has 0 radical (unpaired) electrons. The number of fused-ring (bicyclic) bond motifs is 3. The standard InChI is InChI=1S/C23H29F2N3O3/c1-2-31-22(30)27-16-7-8-17(27)14-18(13-16)26-11-9-15(10-12-26)28-20-6-4-3-5-19(20)23(24,25)21(28)29/h3-6,15-18H,2,7-14H2,1H3/t16-,17-/m1/s1. The van der Waals surface area contributed by atoms with Crippen LogP contribution in [0.4, 0.5) is 19.3 Å². The van der Waals surface area contributed by atoms with E-state index >= 15 is 0 Å². The Morgan fingerprint density at radius 3 is 2.32 bits per heavy atom. The number of piperidine rings is 2. The van der Waals surface area contributed by atoms with Gasteiger partial charge in [0.2, 0.25) is 0 Å². The maximum absolute atomic E-state index is 14.5. The Kier molecular flexibility index (Phi) is 5.15. The number of alkyl halides is 2. The van der Waals surface area contributed by atoms with Crippen molar-refractivity contribution in [2.24, 2.45) is 0 Å². The van der Waals surface area contributed by atoms with Gasteiger partial charge >= 0.3 is 17.9 Å². The number of carbonyl (C=O) groups excluding carboxylic acids is 2. The molecule has 6 nitrogen and oxygen atoms in total. The van der Waals surface area contributed by atoms with Gasteiger partial charge in [0.15, 0.2) is 0 Å². The maximum atomic E-state index is 14.5. The number of likely N-dealkylation sites (tertiary alicyclic amines) is 1. The Balaban J connectivity index is 1.23. The molecule has 0 unspecified atom stereocenters. The molecular formula is C23H29F2N3O3. The van der Waals surface area contributed by atoms with Crippen molar-refractivity contribution in [2.45, 2.75) is 75.5 Å². The summed E-state index contributed by atoms with van der Waals surface area (Å²) in [5, 5.41) is 0. The molecule has 0 saturated carbocycles. The van der Waals surface area contributed by atoms with Gasteiger partial charge in [-0.15, -0.1) is 0 Å². The predicted octanol–water partition coefficient (Wildman–Crippen LogP) is 3.74. The van der Waals surface area contributed by atoms with Gasteiger partial charge in [0, 0.05) is 37.3 Å². The van der Waals surface area contributed by atoms with E-state index in [0.29, 0.717) is 31.2 Å². The molecule has 1 aromatic rings. The molecule has 168 valence electrons. The second-order valence-corrected chi connectivity index (χ2v) is 9.15. The maximum Gasteiger partial charge on any atom is 0.410 e. The fraction of sp³-hybridized carbons (Fsp3) is 0.652. The first-order valence-corrected chi connectivity index (χ1v) is 11.4. The highest BCUT2D eigenvalue weighted by Crippen LogP contribution is 2.46. The molecule has 2 atom stereocenters. The van der Waals surface area contributed by atoms with Gasteiger partial charge in [0.25, 0.3) is 0 Å². The Labute approximate surface area is 181 Å². The van der Waals surface area contributed by atoms with Crippen LogP contribution in [0.1, 0.15) is 51.0 Å². The van der Waals surface area contributed by atoms with E-state index in [1.807, 2.05) is 11.8 Å². The highest BCUT2D eigenvalue weighted by Gasteiger charge is 2.55. The van der Waals surface area contributed by atoms with E-state index in [1.165, 1.54) is 11.0 Å². The highest BCUT2D eigenvalue weighted by atomic mass is 19.3. The zero-order chi connectivity index (χ0) is 21.8. The minimum atomic E-state index is -3.44. The molecule has 1 aromatic carbocycles. The summed E-state index contributed by atoms with van der Waals surface area (Å²) < 4.78 is 34.3. The molecule has 4 aliphatic rings. The van der Waals surface area contributed by atoms with Crippen LogP contribution in [0, 0.1) is 0 Å². The largest absolute Gasteiger partial charge is 0.450 e. The van der Waals surface area contributed by atoms with E-state index in [9.17, 15) is 18.4 Å². The van der Waals surface area contributed by atoms with Crippen molar-refractivity contribution >= 4 is 17.7 Å². The summed E-state index contributed by atoms with van der Waals surface area (Å²) in [6.07, 6.45) is 5.08. The number of rotatable bonds is 3. The van der Waals surface area contributed by atoms with E-state index in [2.05, 4.69) is 4.90 Å². The molecule has 0 spiro atoms. The fourth-order valence-corrected chi connectivity index (χ4v) is 6.14. The van der Waals surface area contributed by atoms with Crippen molar-refractivity contribution in [1.29, 1.82) is 0 Å². The van der Waals surface area contributed by atoms with Gasteiger partial charge in [-0.3, -0.25) is 4.79 Å². The van der Waals surface area contributed by atoms with Gasteiger partial charge in [-0.2, -0.15) is 8.78 Å². The van der Waals surface area contributed by atoms with Crippen LogP contribution in [-0.4, -0.2) is 65.7 Å². The molecule has 4 aliphatic heterocycles. The smallest absolute Gasteiger partial charge is 0.410 e. The highest BCUT2D eigenvalue weighted by molar-refractivity contribution is 6.06. The first-order chi connectivity index (χ1) is 14.9. The van der Waals surface area contributed by atoms with Gasteiger partial charge in [-0.25, -0.2) is 4.79 Å². The third-order valence-electron chi connectivity index (χ3n) is 7.56. The molecule has 31 heavy (non-hydrogen) atoms. The summed E-state index contributed by atoms with van der Waals surface area (Å²) in [4.78, 5) is 30.6. The summed E-state index contributed by atoms with van der Waals surface area (Å²) in [5.41, 5.74) is 0.182. The molecule has 5 rings (SSSR count). The van der Waals surface area contributed by atoms with Crippen LogP contribution in [-0.2, 0) is 15.5 Å². The van der Waals surface area contributed by atoms with Gasteiger partial charge in [0.05, 0.1) is 17.9 Å². The van der Waals surface area contributed by atoms with Crippen molar-refractivity contribution in [3.8, 4) is 0 Å². The lowest BCUT2D eigenvalue weighted by Crippen LogP contribution is -2.55. The molecule has 0 aliphatic carbocycles. The van der Waals surface area contributed by atoms with Crippen molar-refractivity contribution < 1.29 is 23.1 Å². The zero-order valence-electron chi connectivity index (χ0n) is 17.8. The zero-order valence-corrected chi connectivity index (χ0v) is 17.8. The molecule has 4 heterocycles. The van der Waals surface area contributed by atoms with Crippen molar-refractivity contribution in [2.75, 3.05) is 24.6 Å². The number of benzene rings is 1. The number of hydrogen-bond donors (Lipinski definition) is 0. The summed E-state index contributed by atoms with van der Waals surface area (Å²) in [7, 11) is 0. The summed E-state index contributed by atoms with van der Waals surface area (Å²) in [5.74, 6) is -4.53. The molecule has 3 saturated heterocycles. The summed E-state index contributed by atoms with van der Waals surface area (Å²) in [6.45, 7) is 3.79. The van der Waals surface area contributed by atoms with E-state index in [-0.39, 0.29) is 29.8 Å².